The van der Waals surface area contributed by atoms with Crippen LogP contribution in [-0.4, -0.2) is 70.7 Å². The Balaban J connectivity index is 1.89. The molecule has 14 heteroatoms. The van der Waals surface area contributed by atoms with Crippen molar-refractivity contribution in [2.24, 2.45) is 7.05 Å². The number of carboxylic acids is 1. The van der Waals surface area contributed by atoms with Crippen molar-refractivity contribution in [1.29, 1.82) is 0 Å². The number of carbonyl (C=O) groups excluding carboxylic acids is 1. The molecule has 1 N–H and O–H groups in total. The number of benzene rings is 1. The van der Waals surface area contributed by atoms with E-state index in [2.05, 4.69) is 9.84 Å². The number of amides is 1. The minimum atomic E-state index is -4.59. The topological polar surface area (TPSA) is 119 Å². The zero-order chi connectivity index (χ0) is 27.2. The molecule has 0 unspecified atom stereocenters. The zero-order valence-corrected chi connectivity index (χ0v) is 21.4. The van der Waals surface area contributed by atoms with Crippen molar-refractivity contribution in [3.8, 4) is 5.75 Å². The quantitative estimate of drug-likeness (QED) is 0.584. The summed E-state index contributed by atoms with van der Waals surface area (Å²) in [7, 11) is -2.73. The highest BCUT2D eigenvalue weighted by Gasteiger charge is 2.46. The molecule has 9 nitrogen and oxygen atoms in total. The molecular formula is C22H25ClF3N3O6S. The van der Waals surface area contributed by atoms with Crippen LogP contribution < -0.4 is 4.74 Å². The van der Waals surface area contributed by atoms with Crippen molar-refractivity contribution in [2.75, 3.05) is 13.2 Å². The SMILES string of the molecule is Cn1nc(C(C)(C)C)cc1C(=O)N1C[C@H](S(=O)(=O)c2ccc(OCC(F)(F)F)cc2Cl)C[C@H]1C(=O)O. The van der Waals surface area contributed by atoms with Crippen LogP contribution in [0.5, 0.6) is 5.75 Å². The third-order valence-corrected chi connectivity index (χ3v) is 8.34. The maximum absolute atomic E-state index is 13.3. The second-order valence-electron chi connectivity index (χ2n) is 9.50. The number of carbonyl (C=O) groups is 2. The first-order valence-electron chi connectivity index (χ1n) is 10.7. The van der Waals surface area contributed by atoms with Crippen LogP contribution >= 0.6 is 11.6 Å². The van der Waals surface area contributed by atoms with Gasteiger partial charge in [0.15, 0.2) is 16.4 Å². The molecule has 198 valence electrons. The van der Waals surface area contributed by atoms with Gasteiger partial charge in [0.1, 0.15) is 17.5 Å². The van der Waals surface area contributed by atoms with Gasteiger partial charge in [-0.3, -0.25) is 9.48 Å². The standard InChI is InChI=1S/C22H25ClF3N3O6S/c1-21(2,3)18-9-15(28(4)27-18)19(30)29-10-13(8-16(29)20(31)32)36(33,34)17-6-5-12(7-14(17)23)35-11-22(24,25)26/h5-7,9,13,16H,8,10-11H2,1-4H3,(H,31,32)/t13-,16+/m1/s1. The summed E-state index contributed by atoms with van der Waals surface area (Å²) in [5, 5.41) is 12.3. The van der Waals surface area contributed by atoms with Gasteiger partial charge in [-0.2, -0.15) is 18.3 Å². The number of likely N-dealkylation sites (tertiary alicyclic amines) is 1. The largest absolute Gasteiger partial charge is 0.484 e. The van der Waals surface area contributed by atoms with Gasteiger partial charge >= 0.3 is 12.1 Å². The number of hydrogen-bond acceptors (Lipinski definition) is 6. The van der Waals surface area contributed by atoms with E-state index in [1.54, 1.807) is 6.07 Å². The van der Waals surface area contributed by atoms with Crippen LogP contribution in [0.3, 0.4) is 0 Å². The predicted octanol–water partition coefficient (Wildman–Crippen LogP) is 3.45. The molecule has 0 saturated carbocycles. The molecule has 2 heterocycles. The van der Waals surface area contributed by atoms with Crippen LogP contribution in [0.1, 0.15) is 43.4 Å². The van der Waals surface area contributed by atoms with Gasteiger partial charge in [0.25, 0.3) is 5.91 Å². The van der Waals surface area contributed by atoms with Crippen LogP contribution in [-0.2, 0) is 27.1 Å². The number of aliphatic carboxylic acids is 1. The molecule has 1 saturated heterocycles. The summed E-state index contributed by atoms with van der Waals surface area (Å²) in [6, 6.07) is 3.09. The molecule has 1 aromatic carbocycles. The van der Waals surface area contributed by atoms with Gasteiger partial charge in [-0.15, -0.1) is 0 Å². The summed E-state index contributed by atoms with van der Waals surface area (Å²) in [6.45, 7) is 3.68. The molecule has 1 aromatic heterocycles. The van der Waals surface area contributed by atoms with Crippen molar-refractivity contribution in [3.63, 3.8) is 0 Å². The van der Waals surface area contributed by atoms with Crippen LogP contribution in [0.15, 0.2) is 29.2 Å². The second-order valence-corrected chi connectivity index (χ2v) is 12.1. The molecule has 2 atom stereocenters. The number of nitrogens with zero attached hydrogens (tertiary/aromatic N) is 3. The molecule has 1 fully saturated rings. The molecule has 3 rings (SSSR count). The monoisotopic (exact) mass is 551 g/mol. The number of carboxylic acid groups (broad SMARTS) is 1. The van der Waals surface area contributed by atoms with Crippen molar-refractivity contribution in [3.05, 3.63) is 40.7 Å². The van der Waals surface area contributed by atoms with E-state index in [1.807, 2.05) is 20.8 Å². The van der Waals surface area contributed by atoms with E-state index in [-0.39, 0.29) is 21.9 Å². The van der Waals surface area contributed by atoms with E-state index in [0.717, 1.165) is 23.1 Å². The summed E-state index contributed by atoms with van der Waals surface area (Å²) in [5.74, 6) is -2.34. The first-order valence-corrected chi connectivity index (χ1v) is 12.7. The normalized spacial score (nSPS) is 18.9. The molecular weight excluding hydrogens is 527 g/mol. The fourth-order valence-electron chi connectivity index (χ4n) is 3.81. The molecule has 1 aliphatic heterocycles. The molecule has 0 radical (unpaired) electrons. The van der Waals surface area contributed by atoms with Crippen LogP contribution in [0.4, 0.5) is 13.2 Å². The number of aryl methyl sites for hydroxylation is 1. The second kappa shape index (κ2) is 9.58. The highest BCUT2D eigenvalue weighted by Crippen LogP contribution is 2.35. The number of aromatic nitrogens is 2. The summed E-state index contributed by atoms with van der Waals surface area (Å²) in [4.78, 5) is 25.8. The Bertz CT molecular complexity index is 1290. The van der Waals surface area contributed by atoms with Gasteiger partial charge in [0.2, 0.25) is 0 Å². The van der Waals surface area contributed by atoms with Gasteiger partial charge in [0.05, 0.1) is 20.9 Å². The first kappa shape index (κ1) is 27.8. The fraction of sp³-hybridized carbons (Fsp3) is 0.500. The Kier molecular flexibility index (Phi) is 7.39. The van der Waals surface area contributed by atoms with E-state index in [0.29, 0.717) is 5.69 Å². The van der Waals surface area contributed by atoms with Gasteiger partial charge in [0, 0.05) is 25.1 Å². The fourth-order valence-corrected chi connectivity index (χ4v) is 6.04. The maximum Gasteiger partial charge on any atom is 0.422 e. The van der Waals surface area contributed by atoms with Gasteiger partial charge < -0.3 is 14.7 Å². The predicted molar refractivity (Wildman–Crippen MR) is 123 cm³/mol. The Morgan fingerprint density at radius 2 is 1.86 bits per heavy atom. The number of rotatable bonds is 6. The van der Waals surface area contributed by atoms with Crippen molar-refractivity contribution in [2.45, 2.75) is 55.0 Å². The minimum absolute atomic E-state index is 0.105. The molecule has 1 amide bonds. The lowest BCUT2D eigenvalue weighted by molar-refractivity contribution is -0.153. The van der Waals surface area contributed by atoms with Crippen LogP contribution in [0.25, 0.3) is 0 Å². The summed E-state index contributed by atoms with van der Waals surface area (Å²) in [6.07, 6.45) is -4.99. The minimum Gasteiger partial charge on any atom is -0.484 e. The van der Waals surface area contributed by atoms with E-state index < -0.39 is 63.6 Å². The van der Waals surface area contributed by atoms with E-state index in [9.17, 15) is 36.3 Å². The van der Waals surface area contributed by atoms with Gasteiger partial charge in [-0.05, 0) is 24.6 Å². The Morgan fingerprint density at radius 3 is 2.36 bits per heavy atom. The molecule has 36 heavy (non-hydrogen) atoms. The van der Waals surface area contributed by atoms with Gasteiger partial charge in [-0.25, -0.2) is 13.2 Å². The lowest BCUT2D eigenvalue weighted by Gasteiger charge is -2.21. The Hall–Kier alpha value is -2.80. The Labute approximate surface area is 210 Å². The average Bonchev–Trinajstić information content (AvgIpc) is 3.36. The van der Waals surface area contributed by atoms with Crippen molar-refractivity contribution < 1.29 is 41.0 Å². The molecule has 0 spiro atoms. The maximum atomic E-state index is 13.3. The molecule has 1 aliphatic rings. The van der Waals surface area contributed by atoms with Crippen molar-refractivity contribution >= 4 is 33.3 Å². The molecule has 2 aromatic rings. The third-order valence-electron chi connectivity index (χ3n) is 5.73. The number of sulfone groups is 1. The highest BCUT2D eigenvalue weighted by atomic mass is 35.5. The average molecular weight is 552 g/mol. The summed E-state index contributed by atoms with van der Waals surface area (Å²) < 4.78 is 69.7. The Morgan fingerprint density at radius 1 is 1.22 bits per heavy atom. The number of alkyl halides is 3. The summed E-state index contributed by atoms with van der Waals surface area (Å²) >= 11 is 6.05. The smallest absolute Gasteiger partial charge is 0.422 e. The third kappa shape index (κ3) is 5.77. The molecule has 0 aliphatic carbocycles. The number of ether oxygens (including phenoxy) is 1. The zero-order valence-electron chi connectivity index (χ0n) is 19.8. The number of halogens is 4. The van der Waals surface area contributed by atoms with Crippen LogP contribution in [0.2, 0.25) is 5.02 Å². The molecule has 0 bridgehead atoms. The number of hydrogen-bond donors (Lipinski definition) is 1. The summed E-state index contributed by atoms with van der Waals surface area (Å²) in [5.41, 5.74) is 0.322. The van der Waals surface area contributed by atoms with E-state index in [4.69, 9.17) is 11.6 Å². The van der Waals surface area contributed by atoms with Crippen molar-refractivity contribution in [1.82, 2.24) is 14.7 Å². The van der Waals surface area contributed by atoms with Gasteiger partial charge in [-0.1, -0.05) is 32.4 Å². The van der Waals surface area contributed by atoms with Crippen LogP contribution in [0, 0.1) is 0 Å². The first-order chi connectivity index (χ1) is 16.4. The lowest BCUT2D eigenvalue weighted by atomic mass is 9.92. The van der Waals surface area contributed by atoms with E-state index >= 15 is 0 Å². The van der Waals surface area contributed by atoms with E-state index in [1.165, 1.54) is 11.7 Å². The highest BCUT2D eigenvalue weighted by molar-refractivity contribution is 7.92. The lowest BCUT2D eigenvalue weighted by Crippen LogP contribution is -2.41.